The highest BCUT2D eigenvalue weighted by Gasteiger charge is 2.52. The lowest BCUT2D eigenvalue weighted by Gasteiger charge is -2.32. The number of hydrogen-bond acceptors (Lipinski definition) is 10. The van der Waals surface area contributed by atoms with E-state index in [-0.39, 0.29) is 7.43 Å². The van der Waals surface area contributed by atoms with Gasteiger partial charge >= 0.3 is 7.12 Å². The Hall–Kier alpha value is -12.5. The number of rotatable bonds is 12. The van der Waals surface area contributed by atoms with E-state index in [1.165, 1.54) is 22.3 Å². The number of furan rings is 2. The molecule has 1 aliphatic heterocycles. The molecule has 102 heavy (non-hydrogen) atoms. The summed E-state index contributed by atoms with van der Waals surface area (Å²) in [5.41, 5.74) is 20.2. The Labute approximate surface area is 592 Å². The van der Waals surface area contributed by atoms with Crippen LogP contribution in [0.2, 0.25) is 0 Å². The van der Waals surface area contributed by atoms with E-state index in [1.54, 1.807) is 0 Å². The van der Waals surface area contributed by atoms with E-state index in [9.17, 15) is 0 Å². The fourth-order valence-electron chi connectivity index (χ4n) is 13.3. The molecule has 1 saturated heterocycles. The Morgan fingerprint density at radius 3 is 0.853 bits per heavy atom. The minimum absolute atomic E-state index is 0. The van der Waals surface area contributed by atoms with Gasteiger partial charge in [0.2, 0.25) is 0 Å². The van der Waals surface area contributed by atoms with Crippen LogP contribution in [0.4, 0.5) is 0 Å². The van der Waals surface area contributed by atoms with Gasteiger partial charge in [0.1, 0.15) is 22.3 Å². The molecule has 18 rings (SSSR count). The second-order valence-corrected chi connectivity index (χ2v) is 26.4. The van der Waals surface area contributed by atoms with Gasteiger partial charge in [-0.15, -0.1) is 0 Å². The number of benzene rings is 13. The second kappa shape index (κ2) is 27.0. The number of hydrogen-bond donors (Lipinski definition) is 0. The first kappa shape index (κ1) is 64.2. The van der Waals surface area contributed by atoms with Crippen LogP contribution in [0.25, 0.3) is 168 Å². The monoisotopic (exact) mass is 1320 g/mol. The molecule has 0 bridgehead atoms. The van der Waals surface area contributed by atoms with Gasteiger partial charge in [0.25, 0.3) is 0 Å². The molecule has 0 spiro atoms. The summed E-state index contributed by atoms with van der Waals surface area (Å²) in [7, 11) is -0.487. The van der Waals surface area contributed by atoms with Crippen molar-refractivity contribution in [1.82, 2.24) is 29.9 Å². The molecule has 0 radical (unpaired) electrons. The topological polar surface area (TPSA) is 122 Å². The normalized spacial score (nSPS) is 13.1. The molecule has 0 amide bonds. The van der Waals surface area contributed by atoms with Gasteiger partial charge in [-0.1, -0.05) is 299 Å². The molecule has 0 N–H and O–H groups in total. The van der Waals surface area contributed by atoms with Crippen molar-refractivity contribution in [2.24, 2.45) is 0 Å². The highest BCUT2D eigenvalue weighted by Crippen LogP contribution is 2.42. The van der Waals surface area contributed by atoms with Gasteiger partial charge in [-0.05, 0) is 119 Å². The van der Waals surface area contributed by atoms with Crippen molar-refractivity contribution in [3.05, 3.63) is 322 Å². The van der Waals surface area contributed by atoms with Crippen LogP contribution in [-0.2, 0) is 9.31 Å². The van der Waals surface area contributed by atoms with Crippen molar-refractivity contribution in [2.45, 2.75) is 46.3 Å². The molecule has 13 aromatic carbocycles. The van der Waals surface area contributed by atoms with Crippen LogP contribution in [0.5, 0.6) is 0 Å². The van der Waals surface area contributed by atoms with Gasteiger partial charge in [0, 0.05) is 54.9 Å². The number of aromatic nitrogens is 6. The summed E-state index contributed by atoms with van der Waals surface area (Å²) in [5.74, 6) is 3.61. The maximum Gasteiger partial charge on any atom is 0.494 e. The summed E-state index contributed by atoms with van der Waals surface area (Å²) in [4.78, 5) is 30.2. The zero-order chi connectivity index (χ0) is 68.0. The van der Waals surface area contributed by atoms with Gasteiger partial charge in [-0.25, -0.2) is 29.9 Å². The van der Waals surface area contributed by atoms with Crippen LogP contribution < -0.4 is 5.46 Å². The van der Waals surface area contributed by atoms with Crippen molar-refractivity contribution in [1.29, 1.82) is 0 Å². The molecule has 0 unspecified atom stereocenters. The molecular weight excluding hydrogens is 1250 g/mol. The summed E-state index contributed by atoms with van der Waals surface area (Å²) >= 11 is 0. The van der Waals surface area contributed by atoms with E-state index in [0.717, 1.165) is 116 Å². The largest absolute Gasteiger partial charge is 0.494 e. The molecular formula is C91H69BN6O4. The van der Waals surface area contributed by atoms with E-state index in [0.29, 0.717) is 34.9 Å². The number of nitrogens with zero attached hydrogens (tertiary/aromatic N) is 6. The third-order valence-electron chi connectivity index (χ3n) is 19.4. The first-order valence-corrected chi connectivity index (χ1v) is 34.0. The van der Waals surface area contributed by atoms with E-state index in [1.807, 2.05) is 133 Å². The van der Waals surface area contributed by atoms with E-state index < -0.39 is 18.3 Å². The average molecular weight is 1320 g/mol. The first-order valence-electron chi connectivity index (χ1n) is 34.0. The minimum Gasteiger partial charge on any atom is -0.456 e. The van der Waals surface area contributed by atoms with Crippen LogP contribution in [0.1, 0.15) is 35.1 Å². The van der Waals surface area contributed by atoms with E-state index in [2.05, 4.69) is 216 Å². The predicted molar refractivity (Wildman–Crippen MR) is 416 cm³/mol. The summed E-state index contributed by atoms with van der Waals surface area (Å²) in [6, 6.07) is 110. The molecule has 5 heterocycles. The Kier molecular flexibility index (Phi) is 17.0. The lowest BCUT2D eigenvalue weighted by atomic mass is 9.78. The third-order valence-corrected chi connectivity index (χ3v) is 19.4. The van der Waals surface area contributed by atoms with Crippen LogP contribution >= 0.6 is 0 Å². The standard InChI is InChI=1S/C51H33N3O.C39H32BN3O3.CH4/c1-4-11-34(12-5-1)36-19-21-38(22-20-36)39-23-25-40(26-24-39)43-31-32-46-45(33-43)48-44(17-10-18-47(48)55-46)51-53-49(41-15-8-3-9-16-41)52-50(54-51)42-29-27-37(28-30-42)35-13-6-2-7-14-35;1-38(2)39(3,4)46-40(45-38)29-22-23-32-31(24-29)34-30(16-11-17-33(34)44-32)37-42-35(27-14-9-6-10-15-27)41-36(43-37)28-20-18-26(19-21-28)25-12-7-5-8-13-25;/h1-33H;5-24H,1-4H3;1H4. The highest BCUT2D eigenvalue weighted by atomic mass is 16.7. The zero-order valence-electron chi connectivity index (χ0n) is 56.0. The Morgan fingerprint density at radius 2 is 0.500 bits per heavy atom. The van der Waals surface area contributed by atoms with Crippen LogP contribution in [0, 0.1) is 0 Å². The lowest BCUT2D eigenvalue weighted by molar-refractivity contribution is 0.00578. The molecule has 490 valence electrons. The smallest absolute Gasteiger partial charge is 0.456 e. The summed E-state index contributed by atoms with van der Waals surface area (Å²) < 4.78 is 25.5. The SMILES string of the molecule is C.CC1(C)OB(c2ccc3oc4cccc(-c5nc(-c6ccccc6)nc(-c6ccc(-c7ccccc7)cc6)n5)c4c3c2)OC1(C)C.c1ccc(-c2ccc(-c3ccc(-c4ccc5oc6cccc(-c7nc(-c8ccccc8)nc(-c8ccc(-c9ccccc9)cc8)n7)c6c5c4)cc3)cc2)cc1. The second-order valence-electron chi connectivity index (χ2n) is 26.4. The van der Waals surface area contributed by atoms with Crippen molar-refractivity contribution < 1.29 is 18.1 Å². The molecule has 0 atom stereocenters. The highest BCUT2D eigenvalue weighted by molar-refractivity contribution is 6.62. The van der Waals surface area contributed by atoms with Crippen molar-refractivity contribution in [3.63, 3.8) is 0 Å². The lowest BCUT2D eigenvalue weighted by Crippen LogP contribution is -2.41. The third kappa shape index (κ3) is 12.5. The predicted octanol–water partition coefficient (Wildman–Crippen LogP) is 22.8. The molecule has 10 nitrogen and oxygen atoms in total. The first-order chi connectivity index (χ1) is 49.5. The maximum atomic E-state index is 6.44. The molecule has 0 aliphatic carbocycles. The molecule has 11 heteroatoms. The van der Waals surface area contributed by atoms with E-state index in [4.69, 9.17) is 48.0 Å². The zero-order valence-corrected chi connectivity index (χ0v) is 56.0. The Morgan fingerprint density at radius 1 is 0.235 bits per heavy atom. The molecule has 4 aromatic heterocycles. The van der Waals surface area contributed by atoms with Crippen molar-refractivity contribution >= 4 is 56.5 Å². The van der Waals surface area contributed by atoms with Crippen LogP contribution in [0.15, 0.2) is 330 Å². The van der Waals surface area contributed by atoms with Gasteiger partial charge in [-0.3, -0.25) is 0 Å². The molecule has 1 aliphatic rings. The van der Waals surface area contributed by atoms with Gasteiger partial charge in [-0.2, -0.15) is 0 Å². The van der Waals surface area contributed by atoms with Gasteiger partial charge in [0.15, 0.2) is 34.9 Å². The van der Waals surface area contributed by atoms with E-state index >= 15 is 0 Å². The molecule has 17 aromatic rings. The number of fused-ring (bicyclic) bond motifs is 6. The van der Waals surface area contributed by atoms with Gasteiger partial charge < -0.3 is 18.1 Å². The fraction of sp³-hybridized carbons (Fsp3) is 0.0769. The van der Waals surface area contributed by atoms with Crippen molar-refractivity contribution in [2.75, 3.05) is 0 Å². The Balaban J connectivity index is 0.000000159. The summed E-state index contributed by atoms with van der Waals surface area (Å²) in [5, 5.41) is 3.88. The molecule has 1 fully saturated rings. The molecule has 0 saturated carbocycles. The van der Waals surface area contributed by atoms with Crippen LogP contribution in [0.3, 0.4) is 0 Å². The maximum absolute atomic E-state index is 6.44. The van der Waals surface area contributed by atoms with Crippen molar-refractivity contribution in [3.8, 4) is 124 Å². The fourth-order valence-corrected chi connectivity index (χ4v) is 13.3. The van der Waals surface area contributed by atoms with Crippen LogP contribution in [-0.4, -0.2) is 48.2 Å². The quantitative estimate of drug-likeness (QED) is 0.109. The summed E-state index contributed by atoms with van der Waals surface area (Å²) in [6.07, 6.45) is 0. The average Bonchev–Trinajstić information content (AvgIpc) is 1.58. The minimum atomic E-state index is -0.487. The summed E-state index contributed by atoms with van der Waals surface area (Å²) in [6.45, 7) is 8.26. The van der Waals surface area contributed by atoms with Gasteiger partial charge in [0.05, 0.1) is 11.2 Å². The Bertz CT molecular complexity index is 5840.